The highest BCUT2D eigenvalue weighted by molar-refractivity contribution is 5.57. The Morgan fingerprint density at radius 2 is 2.00 bits per heavy atom. The largest absolute Gasteiger partial charge is 0.364 e. The molecule has 2 rings (SSSR count). The van der Waals surface area contributed by atoms with Gasteiger partial charge in [-0.2, -0.15) is 0 Å². The SMILES string of the molecule is Cc1cccc(N2CC(C)(C)N(C)CC2CN)c1C. The summed E-state index contributed by atoms with van der Waals surface area (Å²) in [6.45, 7) is 11.7. The monoisotopic (exact) mass is 261 g/mol. The third-order valence-electron chi connectivity index (χ3n) is 4.67. The Kier molecular flexibility index (Phi) is 3.88. The van der Waals surface area contributed by atoms with Gasteiger partial charge in [-0.1, -0.05) is 12.1 Å². The Morgan fingerprint density at radius 1 is 1.32 bits per heavy atom. The summed E-state index contributed by atoms with van der Waals surface area (Å²) in [4.78, 5) is 4.93. The number of piperazine rings is 1. The van der Waals surface area contributed by atoms with Gasteiger partial charge in [-0.15, -0.1) is 0 Å². The van der Waals surface area contributed by atoms with Crippen LogP contribution in [0, 0.1) is 13.8 Å². The van der Waals surface area contributed by atoms with Crippen molar-refractivity contribution in [2.24, 2.45) is 5.73 Å². The Bertz CT molecular complexity index is 453. The zero-order valence-corrected chi connectivity index (χ0v) is 12.9. The molecule has 106 valence electrons. The summed E-state index contributed by atoms with van der Waals surface area (Å²) in [6.07, 6.45) is 0. The lowest BCUT2D eigenvalue weighted by atomic mass is 9.94. The summed E-state index contributed by atoms with van der Waals surface area (Å²) in [5.74, 6) is 0. The Labute approximate surface area is 117 Å². The number of likely N-dealkylation sites (N-methyl/N-ethyl adjacent to an activating group) is 1. The first-order chi connectivity index (χ1) is 8.86. The van der Waals surface area contributed by atoms with E-state index in [1.807, 2.05) is 0 Å². The highest BCUT2D eigenvalue weighted by Gasteiger charge is 2.36. The number of benzene rings is 1. The van der Waals surface area contributed by atoms with Crippen LogP contribution in [-0.4, -0.2) is 43.2 Å². The molecule has 1 aromatic rings. The topological polar surface area (TPSA) is 32.5 Å². The highest BCUT2D eigenvalue weighted by Crippen LogP contribution is 2.30. The molecule has 1 saturated heterocycles. The van der Waals surface area contributed by atoms with E-state index in [1.54, 1.807) is 0 Å². The highest BCUT2D eigenvalue weighted by atomic mass is 15.3. The summed E-state index contributed by atoms with van der Waals surface area (Å²) in [6, 6.07) is 6.96. The van der Waals surface area contributed by atoms with Crippen LogP contribution in [0.2, 0.25) is 0 Å². The van der Waals surface area contributed by atoms with Gasteiger partial charge in [0.2, 0.25) is 0 Å². The van der Waals surface area contributed by atoms with Crippen molar-refractivity contribution in [1.82, 2.24) is 4.90 Å². The second-order valence-corrected chi connectivity index (χ2v) is 6.43. The molecule has 19 heavy (non-hydrogen) atoms. The van der Waals surface area contributed by atoms with Crippen molar-refractivity contribution in [3.63, 3.8) is 0 Å². The Balaban J connectivity index is 2.38. The van der Waals surface area contributed by atoms with Gasteiger partial charge in [0, 0.05) is 30.9 Å². The number of hydrogen-bond donors (Lipinski definition) is 1. The van der Waals surface area contributed by atoms with E-state index in [0.29, 0.717) is 12.6 Å². The van der Waals surface area contributed by atoms with Crippen LogP contribution in [0.25, 0.3) is 0 Å². The third-order valence-corrected chi connectivity index (χ3v) is 4.67. The molecule has 0 amide bonds. The summed E-state index contributed by atoms with van der Waals surface area (Å²) in [5.41, 5.74) is 10.3. The van der Waals surface area contributed by atoms with Gasteiger partial charge in [-0.25, -0.2) is 0 Å². The van der Waals surface area contributed by atoms with Gasteiger partial charge in [0.1, 0.15) is 0 Å². The van der Waals surface area contributed by atoms with Gasteiger partial charge < -0.3 is 10.6 Å². The lowest BCUT2D eigenvalue weighted by molar-refractivity contribution is 0.116. The van der Waals surface area contributed by atoms with Gasteiger partial charge in [-0.05, 0) is 51.9 Å². The van der Waals surface area contributed by atoms with Crippen LogP contribution in [0.1, 0.15) is 25.0 Å². The van der Waals surface area contributed by atoms with Crippen molar-refractivity contribution in [2.75, 3.05) is 31.6 Å². The molecule has 0 saturated carbocycles. The molecule has 1 aliphatic heterocycles. The molecule has 0 radical (unpaired) electrons. The van der Waals surface area contributed by atoms with Crippen molar-refractivity contribution in [3.05, 3.63) is 29.3 Å². The first-order valence-electron chi connectivity index (χ1n) is 7.11. The number of aryl methyl sites for hydroxylation is 1. The predicted octanol–water partition coefficient (Wildman–Crippen LogP) is 2.16. The van der Waals surface area contributed by atoms with Gasteiger partial charge in [-0.3, -0.25) is 4.90 Å². The minimum absolute atomic E-state index is 0.182. The number of anilines is 1. The lowest BCUT2D eigenvalue weighted by Gasteiger charge is -2.51. The fourth-order valence-electron chi connectivity index (χ4n) is 2.86. The zero-order valence-electron chi connectivity index (χ0n) is 12.9. The summed E-state index contributed by atoms with van der Waals surface area (Å²) < 4.78 is 0. The van der Waals surface area contributed by atoms with E-state index < -0.39 is 0 Å². The molecule has 0 spiro atoms. The molecule has 1 heterocycles. The zero-order chi connectivity index (χ0) is 14.2. The number of nitrogens with two attached hydrogens (primary N) is 1. The van der Waals surface area contributed by atoms with Crippen LogP contribution in [-0.2, 0) is 0 Å². The van der Waals surface area contributed by atoms with Crippen molar-refractivity contribution < 1.29 is 0 Å². The molecule has 2 N–H and O–H groups in total. The molecule has 0 aromatic heterocycles. The van der Waals surface area contributed by atoms with Gasteiger partial charge in [0.15, 0.2) is 0 Å². The van der Waals surface area contributed by atoms with Crippen LogP contribution >= 0.6 is 0 Å². The second-order valence-electron chi connectivity index (χ2n) is 6.43. The molecule has 3 heteroatoms. The fourth-order valence-corrected chi connectivity index (χ4v) is 2.86. The standard InChI is InChI=1S/C16H27N3/c1-12-7-6-8-15(13(12)2)19-11-16(3,4)18(5)10-14(19)9-17/h6-8,14H,9-11,17H2,1-5H3. The van der Waals surface area contributed by atoms with E-state index in [0.717, 1.165) is 13.1 Å². The second kappa shape index (κ2) is 5.14. The molecule has 1 fully saturated rings. The predicted molar refractivity (Wildman–Crippen MR) is 82.8 cm³/mol. The maximum Gasteiger partial charge on any atom is 0.0540 e. The minimum atomic E-state index is 0.182. The van der Waals surface area contributed by atoms with Gasteiger partial charge >= 0.3 is 0 Å². The van der Waals surface area contributed by atoms with Crippen LogP contribution in [0.4, 0.5) is 5.69 Å². The first-order valence-corrected chi connectivity index (χ1v) is 7.11. The number of hydrogen-bond acceptors (Lipinski definition) is 3. The average molecular weight is 261 g/mol. The molecular weight excluding hydrogens is 234 g/mol. The number of nitrogens with zero attached hydrogens (tertiary/aromatic N) is 2. The van der Waals surface area contributed by atoms with E-state index >= 15 is 0 Å². The van der Waals surface area contributed by atoms with Crippen LogP contribution < -0.4 is 10.6 Å². The molecule has 1 aliphatic rings. The van der Waals surface area contributed by atoms with Crippen molar-refractivity contribution >= 4 is 5.69 Å². The maximum atomic E-state index is 6.00. The quantitative estimate of drug-likeness (QED) is 0.885. The van der Waals surface area contributed by atoms with E-state index in [4.69, 9.17) is 5.73 Å². The van der Waals surface area contributed by atoms with Crippen molar-refractivity contribution in [2.45, 2.75) is 39.3 Å². The summed E-state index contributed by atoms with van der Waals surface area (Å²) in [5, 5.41) is 0. The van der Waals surface area contributed by atoms with E-state index in [2.05, 4.69) is 62.7 Å². The molecular formula is C16H27N3. The third kappa shape index (κ3) is 2.63. The van der Waals surface area contributed by atoms with E-state index in [9.17, 15) is 0 Å². The Hall–Kier alpha value is -1.06. The van der Waals surface area contributed by atoms with Crippen LogP contribution in [0.15, 0.2) is 18.2 Å². The number of rotatable bonds is 2. The van der Waals surface area contributed by atoms with Gasteiger partial charge in [0.05, 0.1) is 6.04 Å². The van der Waals surface area contributed by atoms with Crippen molar-refractivity contribution in [1.29, 1.82) is 0 Å². The maximum absolute atomic E-state index is 6.00. The van der Waals surface area contributed by atoms with Crippen LogP contribution in [0.5, 0.6) is 0 Å². The minimum Gasteiger partial charge on any atom is -0.364 e. The van der Waals surface area contributed by atoms with E-state index in [1.165, 1.54) is 16.8 Å². The fraction of sp³-hybridized carbons (Fsp3) is 0.625. The summed E-state index contributed by atoms with van der Waals surface area (Å²) >= 11 is 0. The molecule has 1 aromatic carbocycles. The first kappa shape index (κ1) is 14.4. The van der Waals surface area contributed by atoms with Crippen molar-refractivity contribution in [3.8, 4) is 0 Å². The smallest absolute Gasteiger partial charge is 0.0540 e. The molecule has 0 aliphatic carbocycles. The summed E-state index contributed by atoms with van der Waals surface area (Å²) in [7, 11) is 2.20. The lowest BCUT2D eigenvalue weighted by Crippen LogP contribution is -2.64. The van der Waals surface area contributed by atoms with E-state index in [-0.39, 0.29) is 5.54 Å². The Morgan fingerprint density at radius 3 is 2.63 bits per heavy atom. The van der Waals surface area contributed by atoms with Gasteiger partial charge in [0.25, 0.3) is 0 Å². The molecule has 3 nitrogen and oxygen atoms in total. The normalized spacial score (nSPS) is 23.7. The average Bonchev–Trinajstić information content (AvgIpc) is 2.35. The molecule has 0 bridgehead atoms. The molecule has 1 unspecified atom stereocenters. The molecule has 1 atom stereocenters. The van der Waals surface area contributed by atoms with Crippen LogP contribution in [0.3, 0.4) is 0 Å².